The maximum Gasteiger partial charge on any atom is 0.323 e. The van der Waals surface area contributed by atoms with Gasteiger partial charge in [-0.05, 0) is 19.9 Å². The van der Waals surface area contributed by atoms with E-state index in [-0.39, 0.29) is 23.9 Å². The number of ether oxygens (including phenoxy) is 1. The predicted octanol–water partition coefficient (Wildman–Crippen LogP) is 1.03. The van der Waals surface area contributed by atoms with Gasteiger partial charge in [0.1, 0.15) is 6.04 Å². The molecule has 0 saturated heterocycles. The van der Waals surface area contributed by atoms with Gasteiger partial charge in [-0.3, -0.25) is 4.79 Å². The van der Waals surface area contributed by atoms with Gasteiger partial charge in [-0.25, -0.2) is 0 Å². The summed E-state index contributed by atoms with van der Waals surface area (Å²) in [5.74, 6) is 0.439. The lowest BCUT2D eigenvalue weighted by Gasteiger charge is -2.18. The largest absolute Gasteiger partial charge is 0.465 e. The predicted molar refractivity (Wildman–Crippen MR) is 67.7 cm³/mol. The minimum atomic E-state index is -0.265. The second-order valence-electron chi connectivity index (χ2n) is 3.59. The zero-order valence-electron chi connectivity index (χ0n) is 10.4. The van der Waals surface area contributed by atoms with Crippen LogP contribution in [0.15, 0.2) is 0 Å². The first-order chi connectivity index (χ1) is 7.65. The molecule has 0 radical (unpaired) electrons. The molecule has 0 aromatic carbocycles. The molecular formula is C11H23NO3S. The number of aliphatic hydroxyl groups is 1. The first-order valence-corrected chi connectivity index (χ1v) is 6.83. The summed E-state index contributed by atoms with van der Waals surface area (Å²) in [6.07, 6.45) is 0.982. The molecule has 0 aromatic heterocycles. The smallest absolute Gasteiger partial charge is 0.323 e. The summed E-state index contributed by atoms with van der Waals surface area (Å²) >= 11 is 1.58. The Hall–Kier alpha value is -0.260. The average Bonchev–Trinajstić information content (AvgIpc) is 2.29. The number of thioether (sulfide) groups is 1. The molecule has 2 atom stereocenters. The number of nitrogens with one attached hydrogen (secondary N) is 1. The molecule has 0 rings (SSSR count). The van der Waals surface area contributed by atoms with E-state index in [1.54, 1.807) is 18.7 Å². The van der Waals surface area contributed by atoms with Crippen molar-refractivity contribution in [3.63, 3.8) is 0 Å². The fourth-order valence-corrected chi connectivity index (χ4v) is 1.97. The van der Waals surface area contributed by atoms with Crippen LogP contribution < -0.4 is 5.32 Å². The van der Waals surface area contributed by atoms with E-state index in [1.165, 1.54) is 0 Å². The quantitative estimate of drug-likeness (QED) is 0.598. The first-order valence-electron chi connectivity index (χ1n) is 5.78. The Bertz CT molecular complexity index is 190. The van der Waals surface area contributed by atoms with Crippen LogP contribution in [0, 0.1) is 0 Å². The highest BCUT2D eigenvalue weighted by Crippen LogP contribution is 2.11. The van der Waals surface area contributed by atoms with Crippen LogP contribution in [-0.2, 0) is 9.53 Å². The van der Waals surface area contributed by atoms with Gasteiger partial charge in [0.2, 0.25) is 0 Å². The lowest BCUT2D eigenvalue weighted by Crippen LogP contribution is -2.41. The van der Waals surface area contributed by atoms with Crippen molar-refractivity contribution < 1.29 is 14.6 Å². The Kier molecular flexibility index (Phi) is 9.77. The number of rotatable bonds is 9. The number of aliphatic hydroxyl groups excluding tert-OH is 1. The molecule has 2 unspecified atom stereocenters. The topological polar surface area (TPSA) is 58.6 Å². The summed E-state index contributed by atoms with van der Waals surface area (Å²) in [5, 5.41) is 12.2. The molecule has 0 spiro atoms. The van der Waals surface area contributed by atoms with Crippen LogP contribution in [0.2, 0.25) is 0 Å². The Morgan fingerprint density at radius 1 is 1.50 bits per heavy atom. The second kappa shape index (κ2) is 9.93. The van der Waals surface area contributed by atoms with E-state index in [9.17, 15) is 4.79 Å². The number of carbonyl (C=O) groups excluding carboxylic acids is 1. The maximum atomic E-state index is 11.6. The van der Waals surface area contributed by atoms with E-state index < -0.39 is 0 Å². The van der Waals surface area contributed by atoms with Gasteiger partial charge in [0.05, 0.1) is 13.2 Å². The van der Waals surface area contributed by atoms with Gasteiger partial charge >= 0.3 is 5.97 Å². The lowest BCUT2D eigenvalue weighted by atomic mass is 10.3. The third kappa shape index (κ3) is 7.09. The van der Waals surface area contributed by atoms with Gasteiger partial charge in [0.15, 0.2) is 0 Å². The van der Waals surface area contributed by atoms with E-state index in [0.717, 1.165) is 13.0 Å². The summed E-state index contributed by atoms with van der Waals surface area (Å²) in [6.45, 7) is 7.14. The summed E-state index contributed by atoms with van der Waals surface area (Å²) in [5.41, 5.74) is 0. The van der Waals surface area contributed by atoms with Crippen molar-refractivity contribution >= 4 is 17.7 Å². The lowest BCUT2D eigenvalue weighted by molar-refractivity contribution is -0.144. The van der Waals surface area contributed by atoms with Crippen molar-refractivity contribution in [2.75, 3.05) is 25.5 Å². The third-order valence-electron chi connectivity index (χ3n) is 2.02. The highest BCUT2D eigenvalue weighted by Gasteiger charge is 2.19. The fraction of sp³-hybridized carbons (Fsp3) is 0.909. The number of hydrogen-bond acceptors (Lipinski definition) is 5. The Morgan fingerprint density at radius 2 is 2.19 bits per heavy atom. The van der Waals surface area contributed by atoms with E-state index in [1.807, 2.05) is 6.92 Å². The number of hydrogen-bond donors (Lipinski definition) is 2. The third-order valence-corrected chi connectivity index (χ3v) is 3.26. The minimum Gasteiger partial charge on any atom is -0.465 e. The second-order valence-corrected chi connectivity index (χ2v) is 5.06. The molecule has 5 heteroatoms. The Balaban J connectivity index is 4.03. The van der Waals surface area contributed by atoms with Crippen LogP contribution in [0.1, 0.15) is 27.2 Å². The molecule has 96 valence electrons. The first kappa shape index (κ1) is 15.7. The molecule has 0 bridgehead atoms. The summed E-state index contributed by atoms with van der Waals surface area (Å²) in [6, 6.07) is -0.265. The van der Waals surface area contributed by atoms with Crippen LogP contribution in [0.3, 0.4) is 0 Å². The van der Waals surface area contributed by atoms with Crippen molar-refractivity contribution in [1.82, 2.24) is 5.32 Å². The van der Waals surface area contributed by atoms with Crippen molar-refractivity contribution in [2.24, 2.45) is 0 Å². The molecular weight excluding hydrogens is 226 g/mol. The SMILES string of the molecule is CCCNC(CSC(C)CO)C(=O)OCC. The van der Waals surface area contributed by atoms with Gasteiger partial charge < -0.3 is 15.2 Å². The zero-order valence-corrected chi connectivity index (χ0v) is 11.2. The van der Waals surface area contributed by atoms with Crippen LogP contribution in [-0.4, -0.2) is 47.9 Å². The fourth-order valence-electron chi connectivity index (χ4n) is 1.08. The van der Waals surface area contributed by atoms with Crippen molar-refractivity contribution in [1.29, 1.82) is 0 Å². The molecule has 0 heterocycles. The summed E-state index contributed by atoms with van der Waals surface area (Å²) in [4.78, 5) is 11.6. The van der Waals surface area contributed by atoms with Gasteiger partial charge in [-0.1, -0.05) is 13.8 Å². The number of esters is 1. The maximum absolute atomic E-state index is 11.6. The van der Waals surface area contributed by atoms with Gasteiger partial charge in [0, 0.05) is 11.0 Å². The Morgan fingerprint density at radius 3 is 2.69 bits per heavy atom. The number of carbonyl (C=O) groups is 1. The van der Waals surface area contributed by atoms with E-state index >= 15 is 0 Å². The normalized spacial score (nSPS) is 14.5. The Labute approximate surface area is 102 Å². The average molecular weight is 249 g/mol. The molecule has 0 aliphatic heterocycles. The monoisotopic (exact) mass is 249 g/mol. The molecule has 0 aromatic rings. The minimum absolute atomic E-state index is 0.133. The van der Waals surface area contributed by atoms with Crippen molar-refractivity contribution in [3.05, 3.63) is 0 Å². The molecule has 4 nitrogen and oxygen atoms in total. The molecule has 16 heavy (non-hydrogen) atoms. The van der Waals surface area contributed by atoms with Crippen molar-refractivity contribution in [3.8, 4) is 0 Å². The van der Waals surface area contributed by atoms with Gasteiger partial charge in [-0.15, -0.1) is 0 Å². The van der Waals surface area contributed by atoms with Crippen LogP contribution in [0.5, 0.6) is 0 Å². The molecule has 0 saturated carbocycles. The summed E-state index contributed by atoms with van der Waals surface area (Å²) < 4.78 is 4.99. The molecule has 0 fully saturated rings. The standard InChI is InChI=1S/C11H23NO3S/c1-4-6-12-10(11(14)15-5-2)8-16-9(3)7-13/h9-10,12-13H,4-8H2,1-3H3. The molecule has 0 amide bonds. The molecule has 2 N–H and O–H groups in total. The molecule has 0 aliphatic rings. The molecule has 0 aliphatic carbocycles. The highest BCUT2D eigenvalue weighted by atomic mass is 32.2. The van der Waals surface area contributed by atoms with Gasteiger partial charge in [-0.2, -0.15) is 11.8 Å². The van der Waals surface area contributed by atoms with E-state index in [2.05, 4.69) is 12.2 Å². The van der Waals surface area contributed by atoms with Gasteiger partial charge in [0.25, 0.3) is 0 Å². The van der Waals surface area contributed by atoms with E-state index in [0.29, 0.717) is 12.4 Å². The van der Waals surface area contributed by atoms with Crippen LogP contribution >= 0.6 is 11.8 Å². The van der Waals surface area contributed by atoms with Crippen LogP contribution in [0.4, 0.5) is 0 Å². The van der Waals surface area contributed by atoms with Crippen LogP contribution in [0.25, 0.3) is 0 Å². The van der Waals surface area contributed by atoms with Crippen molar-refractivity contribution in [2.45, 2.75) is 38.5 Å². The highest BCUT2D eigenvalue weighted by molar-refractivity contribution is 7.99. The summed E-state index contributed by atoms with van der Waals surface area (Å²) in [7, 11) is 0. The van der Waals surface area contributed by atoms with E-state index in [4.69, 9.17) is 9.84 Å². The zero-order chi connectivity index (χ0) is 12.4.